The second-order valence-corrected chi connectivity index (χ2v) is 9.03. The van der Waals surface area contributed by atoms with E-state index in [1.54, 1.807) is 24.3 Å². The van der Waals surface area contributed by atoms with E-state index < -0.39 is 17.7 Å². The molecule has 0 aliphatic carbocycles. The fourth-order valence-corrected chi connectivity index (χ4v) is 4.00. The van der Waals surface area contributed by atoms with Crippen molar-refractivity contribution >= 4 is 42.0 Å². The number of benzene rings is 1. The molecule has 0 spiro atoms. The smallest absolute Gasteiger partial charge is 0.239 e. The lowest BCUT2D eigenvalue weighted by Gasteiger charge is -2.09. The van der Waals surface area contributed by atoms with E-state index in [1.165, 1.54) is 5.69 Å². The lowest BCUT2D eigenvalue weighted by Crippen LogP contribution is -2.44. The average molecular weight is 544 g/mol. The number of fused-ring (bicyclic) bond motifs is 1. The molecule has 0 bridgehead atoms. The Kier molecular flexibility index (Phi) is 11.2. The Balaban J connectivity index is 1.23. The zero-order valence-corrected chi connectivity index (χ0v) is 22.0. The molecular formula is C26H33N5O6S. The van der Waals surface area contributed by atoms with Gasteiger partial charge in [-0.15, -0.1) is 0 Å². The number of nitrogens with zero attached hydrogens (tertiary/aromatic N) is 1. The van der Waals surface area contributed by atoms with Crippen molar-refractivity contribution in [1.29, 1.82) is 0 Å². The summed E-state index contributed by atoms with van der Waals surface area (Å²) in [6.45, 7) is 1.01. The number of unbranched alkanes of at least 4 members (excludes halogenated alkanes) is 1. The van der Waals surface area contributed by atoms with Crippen molar-refractivity contribution in [3.63, 3.8) is 0 Å². The van der Waals surface area contributed by atoms with Crippen LogP contribution in [0.3, 0.4) is 0 Å². The van der Waals surface area contributed by atoms with Crippen LogP contribution in [0.4, 0.5) is 0 Å². The Bertz CT molecular complexity index is 1150. The number of rotatable bonds is 15. The number of ketones is 1. The molecule has 1 aromatic heterocycles. The van der Waals surface area contributed by atoms with Gasteiger partial charge in [-0.05, 0) is 62.1 Å². The lowest BCUT2D eigenvalue weighted by atomic mass is 10.1. The lowest BCUT2D eigenvalue weighted by molar-refractivity contribution is -0.128. The highest BCUT2D eigenvalue weighted by molar-refractivity contribution is 7.81. The van der Waals surface area contributed by atoms with Crippen LogP contribution < -0.4 is 26.0 Å². The summed E-state index contributed by atoms with van der Waals surface area (Å²) in [5, 5.41) is 9.77. The van der Waals surface area contributed by atoms with Crippen LogP contribution in [-0.2, 0) is 32.1 Å². The number of carbonyl (C=O) groups is 5. The van der Waals surface area contributed by atoms with Gasteiger partial charge in [0.1, 0.15) is 5.75 Å². The molecule has 2 heterocycles. The molecular weight excluding hydrogens is 510 g/mol. The summed E-state index contributed by atoms with van der Waals surface area (Å²) in [4.78, 5) is 58.9. The molecule has 3 rings (SSSR count). The molecule has 2 aromatic rings. The van der Waals surface area contributed by atoms with Crippen LogP contribution in [0.1, 0.15) is 41.0 Å². The van der Waals surface area contributed by atoms with Gasteiger partial charge >= 0.3 is 0 Å². The standard InChI is InChI=1S/C26H33N5O6S/c32-22(14-28-23(33)15-29-24(34)16-30-25(35)17-38)27-11-1-2-13-37-20-8-5-18(6-9-20)26(36)21-10-7-19-4-3-12-31(19)21/h5-10,38H,1-4,11-17H2,(H,27,32)(H,28,33)(H,29,34)(H,30,35). The SMILES string of the molecule is O=C(CS)NCC(=O)NCC(=O)NCC(=O)NCCCCOc1ccc(C(=O)c2ccc3n2CCC3)cc1. The Morgan fingerprint density at radius 3 is 2.08 bits per heavy atom. The van der Waals surface area contributed by atoms with E-state index in [9.17, 15) is 24.0 Å². The summed E-state index contributed by atoms with van der Waals surface area (Å²) < 4.78 is 7.82. The van der Waals surface area contributed by atoms with Gasteiger partial charge in [-0.3, -0.25) is 24.0 Å². The third-order valence-corrected chi connectivity index (χ3v) is 6.17. The molecule has 1 aliphatic rings. The molecule has 0 saturated heterocycles. The Morgan fingerprint density at radius 2 is 1.42 bits per heavy atom. The maximum Gasteiger partial charge on any atom is 0.239 e. The first-order chi connectivity index (χ1) is 18.4. The number of hydrogen-bond acceptors (Lipinski definition) is 7. The van der Waals surface area contributed by atoms with Gasteiger partial charge in [-0.25, -0.2) is 0 Å². The van der Waals surface area contributed by atoms with E-state index in [-0.39, 0.29) is 37.1 Å². The Labute approximate surface area is 226 Å². The van der Waals surface area contributed by atoms with Gasteiger partial charge in [0.05, 0.1) is 37.7 Å². The minimum atomic E-state index is -0.522. The van der Waals surface area contributed by atoms with Gasteiger partial charge < -0.3 is 30.6 Å². The maximum atomic E-state index is 12.8. The zero-order valence-electron chi connectivity index (χ0n) is 21.1. The van der Waals surface area contributed by atoms with E-state index in [1.807, 2.05) is 12.1 Å². The minimum absolute atomic E-state index is 0.0105. The highest BCUT2D eigenvalue weighted by atomic mass is 32.1. The maximum absolute atomic E-state index is 12.8. The number of thiol groups is 1. The van der Waals surface area contributed by atoms with Gasteiger partial charge in [-0.2, -0.15) is 12.6 Å². The number of aromatic nitrogens is 1. The Hall–Kier alpha value is -3.80. The molecule has 1 aliphatic heterocycles. The molecule has 1 aromatic carbocycles. The van der Waals surface area contributed by atoms with Gasteiger partial charge in [-0.1, -0.05) is 0 Å². The van der Waals surface area contributed by atoms with Crippen LogP contribution in [0, 0.1) is 0 Å². The Morgan fingerprint density at radius 1 is 0.789 bits per heavy atom. The number of nitrogens with one attached hydrogen (secondary N) is 4. The number of ether oxygens (including phenoxy) is 1. The highest BCUT2D eigenvalue weighted by Gasteiger charge is 2.19. The zero-order chi connectivity index (χ0) is 27.3. The summed E-state index contributed by atoms with van der Waals surface area (Å²) in [5.41, 5.74) is 2.57. The summed E-state index contributed by atoms with van der Waals surface area (Å²) in [7, 11) is 0. The monoisotopic (exact) mass is 543 g/mol. The van der Waals surface area contributed by atoms with Crippen molar-refractivity contribution < 1.29 is 28.7 Å². The number of carbonyl (C=O) groups excluding carboxylic acids is 5. The fraction of sp³-hybridized carbons (Fsp3) is 0.423. The second-order valence-electron chi connectivity index (χ2n) is 8.71. The van der Waals surface area contributed by atoms with Crippen LogP contribution in [0.15, 0.2) is 36.4 Å². The van der Waals surface area contributed by atoms with Crippen LogP contribution in [0.25, 0.3) is 0 Å². The van der Waals surface area contributed by atoms with Crippen LogP contribution in [0.2, 0.25) is 0 Å². The third kappa shape index (κ3) is 8.94. The van der Waals surface area contributed by atoms with Crippen LogP contribution >= 0.6 is 12.6 Å². The normalized spacial score (nSPS) is 11.8. The summed E-state index contributed by atoms with van der Waals surface area (Å²) in [6, 6.07) is 11.0. The molecule has 38 heavy (non-hydrogen) atoms. The number of hydrogen-bond donors (Lipinski definition) is 5. The van der Waals surface area contributed by atoms with Gasteiger partial charge in [0.25, 0.3) is 0 Å². The van der Waals surface area contributed by atoms with Crippen molar-refractivity contribution in [2.75, 3.05) is 38.5 Å². The van der Waals surface area contributed by atoms with Gasteiger partial charge in [0.15, 0.2) is 0 Å². The topological polar surface area (TPSA) is 148 Å². The third-order valence-electron chi connectivity index (χ3n) is 5.88. The largest absolute Gasteiger partial charge is 0.494 e. The van der Waals surface area contributed by atoms with Gasteiger partial charge in [0.2, 0.25) is 29.4 Å². The number of aryl methyl sites for hydroxylation is 1. The molecule has 12 heteroatoms. The van der Waals surface area contributed by atoms with E-state index >= 15 is 0 Å². The predicted octanol–water partition coefficient (Wildman–Crippen LogP) is 0.219. The van der Waals surface area contributed by atoms with Crippen molar-refractivity contribution in [1.82, 2.24) is 25.8 Å². The summed E-state index contributed by atoms with van der Waals surface area (Å²) in [6.07, 6.45) is 3.48. The van der Waals surface area contributed by atoms with Crippen LogP contribution in [-0.4, -0.2) is 72.5 Å². The highest BCUT2D eigenvalue weighted by Crippen LogP contribution is 2.22. The molecule has 0 unspecified atom stereocenters. The second kappa shape index (κ2) is 14.8. The van der Waals surface area contributed by atoms with E-state index in [0.717, 1.165) is 25.1 Å². The first kappa shape index (κ1) is 28.8. The van der Waals surface area contributed by atoms with E-state index in [2.05, 4.69) is 38.5 Å². The molecule has 4 N–H and O–H groups in total. The summed E-state index contributed by atoms with van der Waals surface area (Å²) in [5.74, 6) is -1.14. The molecule has 4 amide bonds. The fourth-order valence-electron chi connectivity index (χ4n) is 3.88. The first-order valence-electron chi connectivity index (χ1n) is 12.5. The predicted molar refractivity (Wildman–Crippen MR) is 143 cm³/mol. The van der Waals surface area contributed by atoms with Crippen molar-refractivity contribution in [3.8, 4) is 5.75 Å². The van der Waals surface area contributed by atoms with E-state index in [0.29, 0.717) is 37.3 Å². The van der Waals surface area contributed by atoms with E-state index in [4.69, 9.17) is 4.74 Å². The van der Waals surface area contributed by atoms with Crippen LogP contribution in [0.5, 0.6) is 5.75 Å². The first-order valence-corrected chi connectivity index (χ1v) is 13.1. The van der Waals surface area contributed by atoms with Crippen molar-refractivity contribution in [3.05, 3.63) is 53.3 Å². The molecule has 11 nitrogen and oxygen atoms in total. The molecule has 0 saturated carbocycles. The molecule has 204 valence electrons. The number of amides is 4. The van der Waals surface area contributed by atoms with Crippen molar-refractivity contribution in [2.45, 2.75) is 32.2 Å². The van der Waals surface area contributed by atoms with Gasteiger partial charge in [0, 0.05) is 24.3 Å². The average Bonchev–Trinajstić information content (AvgIpc) is 3.55. The minimum Gasteiger partial charge on any atom is -0.494 e. The molecule has 0 atom stereocenters. The molecule has 0 radical (unpaired) electrons. The summed E-state index contributed by atoms with van der Waals surface area (Å²) >= 11 is 3.77. The quantitative estimate of drug-likeness (QED) is 0.123. The molecule has 0 fully saturated rings. The van der Waals surface area contributed by atoms with Crippen molar-refractivity contribution in [2.24, 2.45) is 0 Å².